The van der Waals surface area contributed by atoms with Crippen LogP contribution in [0.25, 0.3) is 0 Å². The predicted octanol–water partition coefficient (Wildman–Crippen LogP) is 2.54. The van der Waals surface area contributed by atoms with E-state index >= 15 is 0 Å². The second-order valence-electron chi connectivity index (χ2n) is 6.05. The highest BCUT2D eigenvalue weighted by molar-refractivity contribution is 5.92. The smallest absolute Gasteiger partial charge is 0.270 e. The predicted molar refractivity (Wildman–Crippen MR) is 90.0 cm³/mol. The Kier molecular flexibility index (Phi) is 5.08. The molecule has 1 saturated heterocycles. The summed E-state index contributed by atoms with van der Waals surface area (Å²) in [6.45, 7) is 5.73. The van der Waals surface area contributed by atoms with Crippen molar-refractivity contribution in [3.8, 4) is 0 Å². The number of piperidine rings is 1. The van der Waals surface area contributed by atoms with E-state index in [9.17, 15) is 4.79 Å². The monoisotopic (exact) mass is 312 g/mol. The summed E-state index contributed by atoms with van der Waals surface area (Å²) >= 11 is 0. The van der Waals surface area contributed by atoms with Gasteiger partial charge in [0.25, 0.3) is 5.91 Å². The summed E-state index contributed by atoms with van der Waals surface area (Å²) in [6.07, 6.45) is 7.68. The van der Waals surface area contributed by atoms with E-state index in [4.69, 9.17) is 0 Å². The van der Waals surface area contributed by atoms with Gasteiger partial charge >= 0.3 is 0 Å². The number of likely N-dealkylation sites (tertiary alicyclic amines) is 1. The molecule has 0 aromatic carbocycles. The van der Waals surface area contributed by atoms with Gasteiger partial charge in [-0.15, -0.1) is 0 Å². The van der Waals surface area contributed by atoms with Crippen molar-refractivity contribution in [1.29, 1.82) is 0 Å². The molecule has 122 valence electrons. The molecule has 1 aliphatic rings. The van der Waals surface area contributed by atoms with Crippen LogP contribution in [0.2, 0.25) is 0 Å². The van der Waals surface area contributed by atoms with Crippen LogP contribution >= 0.6 is 0 Å². The van der Waals surface area contributed by atoms with Crippen molar-refractivity contribution in [2.75, 3.05) is 19.6 Å². The van der Waals surface area contributed by atoms with Crippen molar-refractivity contribution in [1.82, 2.24) is 19.8 Å². The van der Waals surface area contributed by atoms with E-state index in [-0.39, 0.29) is 5.91 Å². The standard InChI is InChI=1S/C18H24N4O/c1-2-21(13-15-7-10-19-11-8-15)16-5-4-12-22(14-16)18(23)17-6-3-9-20-17/h3,6-11,16,20H,2,4-5,12-14H2,1H3. The van der Waals surface area contributed by atoms with Gasteiger partial charge in [0.2, 0.25) is 0 Å². The van der Waals surface area contributed by atoms with E-state index < -0.39 is 0 Å². The minimum absolute atomic E-state index is 0.111. The molecule has 0 bridgehead atoms. The lowest BCUT2D eigenvalue weighted by atomic mass is 10.0. The molecule has 1 aliphatic heterocycles. The number of rotatable bonds is 5. The highest BCUT2D eigenvalue weighted by Gasteiger charge is 2.28. The first-order valence-electron chi connectivity index (χ1n) is 8.33. The molecule has 0 radical (unpaired) electrons. The molecule has 2 aromatic rings. The van der Waals surface area contributed by atoms with Crippen molar-refractivity contribution >= 4 is 5.91 Å². The Morgan fingerprint density at radius 3 is 2.91 bits per heavy atom. The van der Waals surface area contributed by atoms with Crippen molar-refractivity contribution in [2.45, 2.75) is 32.4 Å². The number of H-pyrrole nitrogens is 1. The van der Waals surface area contributed by atoms with E-state index in [2.05, 4.69) is 33.9 Å². The number of likely N-dealkylation sites (N-methyl/N-ethyl adjacent to an activating group) is 1. The highest BCUT2D eigenvalue weighted by Crippen LogP contribution is 2.19. The second kappa shape index (κ2) is 7.42. The molecule has 5 nitrogen and oxygen atoms in total. The van der Waals surface area contributed by atoms with Crippen molar-refractivity contribution < 1.29 is 4.79 Å². The topological polar surface area (TPSA) is 52.2 Å². The number of aromatic amines is 1. The van der Waals surface area contributed by atoms with Gasteiger partial charge in [-0.05, 0) is 49.2 Å². The average molecular weight is 312 g/mol. The minimum atomic E-state index is 0.111. The lowest BCUT2D eigenvalue weighted by Crippen LogP contribution is -2.49. The molecule has 0 saturated carbocycles. The number of hydrogen-bond donors (Lipinski definition) is 1. The molecule has 23 heavy (non-hydrogen) atoms. The number of aromatic nitrogens is 2. The van der Waals surface area contributed by atoms with Crippen LogP contribution in [-0.2, 0) is 6.54 Å². The van der Waals surface area contributed by atoms with Crippen LogP contribution in [0.15, 0.2) is 42.9 Å². The van der Waals surface area contributed by atoms with Gasteiger partial charge in [0.05, 0.1) is 0 Å². The van der Waals surface area contributed by atoms with E-state index in [0.717, 1.165) is 39.0 Å². The lowest BCUT2D eigenvalue weighted by molar-refractivity contribution is 0.0564. The fraction of sp³-hybridized carbons (Fsp3) is 0.444. The Bertz CT molecular complexity index is 611. The Labute approximate surface area is 137 Å². The first kappa shape index (κ1) is 15.7. The number of nitrogens with zero attached hydrogens (tertiary/aromatic N) is 3. The zero-order valence-electron chi connectivity index (χ0n) is 13.6. The number of carbonyl (C=O) groups is 1. The fourth-order valence-corrected chi connectivity index (χ4v) is 3.29. The quantitative estimate of drug-likeness (QED) is 0.923. The number of amides is 1. The molecule has 1 unspecified atom stereocenters. The molecule has 3 rings (SSSR count). The summed E-state index contributed by atoms with van der Waals surface area (Å²) in [4.78, 5) is 24.1. The van der Waals surface area contributed by atoms with Crippen LogP contribution in [0.3, 0.4) is 0 Å². The van der Waals surface area contributed by atoms with Crippen LogP contribution < -0.4 is 0 Å². The summed E-state index contributed by atoms with van der Waals surface area (Å²) in [6, 6.07) is 8.26. The Balaban J connectivity index is 1.65. The molecule has 5 heteroatoms. The molecule has 3 heterocycles. The van der Waals surface area contributed by atoms with Crippen molar-refractivity contribution in [2.24, 2.45) is 0 Å². The Hall–Kier alpha value is -2.14. The van der Waals surface area contributed by atoms with E-state index in [1.807, 2.05) is 29.4 Å². The summed E-state index contributed by atoms with van der Waals surface area (Å²) in [5, 5.41) is 0. The zero-order chi connectivity index (χ0) is 16.1. The maximum Gasteiger partial charge on any atom is 0.270 e. The molecule has 0 spiro atoms. The van der Waals surface area contributed by atoms with Gasteiger partial charge in [-0.1, -0.05) is 6.92 Å². The zero-order valence-corrected chi connectivity index (χ0v) is 13.6. The van der Waals surface area contributed by atoms with Gasteiger partial charge in [0.1, 0.15) is 5.69 Å². The van der Waals surface area contributed by atoms with Crippen molar-refractivity contribution in [3.05, 3.63) is 54.1 Å². The lowest BCUT2D eigenvalue weighted by Gasteiger charge is -2.39. The third kappa shape index (κ3) is 3.79. The van der Waals surface area contributed by atoms with Gasteiger partial charge in [0, 0.05) is 44.3 Å². The van der Waals surface area contributed by atoms with Crippen LogP contribution in [0.5, 0.6) is 0 Å². The highest BCUT2D eigenvalue weighted by atomic mass is 16.2. The third-order valence-corrected chi connectivity index (χ3v) is 4.57. The third-order valence-electron chi connectivity index (χ3n) is 4.57. The number of carbonyl (C=O) groups excluding carboxylic acids is 1. The van der Waals surface area contributed by atoms with E-state index in [1.165, 1.54) is 5.56 Å². The Morgan fingerprint density at radius 2 is 2.22 bits per heavy atom. The van der Waals surface area contributed by atoms with Gasteiger partial charge in [-0.3, -0.25) is 14.7 Å². The number of pyridine rings is 1. The fourth-order valence-electron chi connectivity index (χ4n) is 3.29. The molecule has 1 fully saturated rings. The largest absolute Gasteiger partial charge is 0.357 e. The Morgan fingerprint density at radius 1 is 1.39 bits per heavy atom. The van der Waals surface area contributed by atoms with Gasteiger partial charge in [-0.2, -0.15) is 0 Å². The van der Waals surface area contributed by atoms with E-state index in [0.29, 0.717) is 11.7 Å². The van der Waals surface area contributed by atoms with Crippen LogP contribution in [0.1, 0.15) is 35.8 Å². The summed E-state index contributed by atoms with van der Waals surface area (Å²) in [5.74, 6) is 0.111. The minimum Gasteiger partial charge on any atom is -0.357 e. The maximum atomic E-state index is 12.5. The summed E-state index contributed by atoms with van der Waals surface area (Å²) in [5.41, 5.74) is 1.96. The van der Waals surface area contributed by atoms with Crippen molar-refractivity contribution in [3.63, 3.8) is 0 Å². The second-order valence-corrected chi connectivity index (χ2v) is 6.05. The molecular formula is C18H24N4O. The molecular weight excluding hydrogens is 288 g/mol. The molecule has 0 aliphatic carbocycles. The molecule has 1 amide bonds. The SMILES string of the molecule is CCN(Cc1ccncc1)C1CCCN(C(=O)c2ccc[nH]2)C1. The van der Waals surface area contributed by atoms with Crippen LogP contribution in [0.4, 0.5) is 0 Å². The maximum absolute atomic E-state index is 12.5. The molecule has 2 aromatic heterocycles. The molecule has 1 N–H and O–H groups in total. The van der Waals surface area contributed by atoms with Gasteiger partial charge < -0.3 is 9.88 Å². The average Bonchev–Trinajstić information content (AvgIpc) is 3.14. The number of hydrogen-bond acceptors (Lipinski definition) is 3. The van der Waals surface area contributed by atoms with Gasteiger partial charge in [-0.25, -0.2) is 0 Å². The first-order chi connectivity index (χ1) is 11.3. The number of nitrogens with one attached hydrogen (secondary N) is 1. The summed E-state index contributed by atoms with van der Waals surface area (Å²) < 4.78 is 0. The normalized spacial score (nSPS) is 18.3. The first-order valence-corrected chi connectivity index (χ1v) is 8.33. The van der Waals surface area contributed by atoms with Crippen LogP contribution in [-0.4, -0.2) is 51.4 Å². The summed E-state index contributed by atoms with van der Waals surface area (Å²) in [7, 11) is 0. The molecule has 1 atom stereocenters. The van der Waals surface area contributed by atoms with Crippen LogP contribution in [0, 0.1) is 0 Å². The van der Waals surface area contributed by atoms with E-state index in [1.54, 1.807) is 6.20 Å². The van der Waals surface area contributed by atoms with Gasteiger partial charge in [0.15, 0.2) is 0 Å².